The van der Waals surface area contributed by atoms with Gasteiger partial charge in [0.1, 0.15) is 5.69 Å². The number of hydrogen-bond acceptors (Lipinski definition) is 6. The smallest absolute Gasteiger partial charge is 0.367 e. The third-order valence-corrected chi connectivity index (χ3v) is 6.62. The summed E-state index contributed by atoms with van der Waals surface area (Å²) in [6.45, 7) is 2.26. The van der Waals surface area contributed by atoms with Crippen molar-refractivity contribution in [3.63, 3.8) is 0 Å². The number of rotatable bonds is 4. The number of hydrogen-bond donors (Lipinski definition) is 1. The molecule has 34 heavy (non-hydrogen) atoms. The number of nitrogens with zero attached hydrogens (tertiary/aromatic N) is 5. The SMILES string of the molecule is CN(C)C1CCN(C(=O)c2cnc3c(n2)N(Cc2cc(Cl)ccc2C(F)(F)F)CCCN3)CC1. The van der Waals surface area contributed by atoms with Crippen LogP contribution in [0.4, 0.5) is 24.8 Å². The highest BCUT2D eigenvalue weighted by atomic mass is 35.5. The van der Waals surface area contributed by atoms with Crippen LogP contribution in [0.2, 0.25) is 5.02 Å². The van der Waals surface area contributed by atoms with Gasteiger partial charge in [-0.1, -0.05) is 11.6 Å². The van der Waals surface area contributed by atoms with Crippen molar-refractivity contribution in [3.8, 4) is 0 Å². The minimum Gasteiger partial charge on any atom is -0.367 e. The Morgan fingerprint density at radius 3 is 2.65 bits per heavy atom. The van der Waals surface area contributed by atoms with E-state index in [1.807, 2.05) is 14.1 Å². The van der Waals surface area contributed by atoms with Crippen molar-refractivity contribution in [1.82, 2.24) is 19.8 Å². The average molecular weight is 497 g/mol. The van der Waals surface area contributed by atoms with Crippen molar-refractivity contribution in [3.05, 3.63) is 46.2 Å². The number of likely N-dealkylation sites (tertiary alicyclic amines) is 1. The van der Waals surface area contributed by atoms with Gasteiger partial charge in [-0.25, -0.2) is 9.97 Å². The van der Waals surface area contributed by atoms with Crippen LogP contribution in [0.3, 0.4) is 0 Å². The molecule has 11 heteroatoms. The predicted octanol–water partition coefficient (Wildman–Crippen LogP) is 4.14. The van der Waals surface area contributed by atoms with Crippen molar-refractivity contribution in [1.29, 1.82) is 0 Å². The number of carbonyl (C=O) groups excluding carboxylic acids is 1. The molecule has 0 bridgehead atoms. The summed E-state index contributed by atoms with van der Waals surface area (Å²) < 4.78 is 40.8. The molecule has 7 nitrogen and oxygen atoms in total. The zero-order valence-electron chi connectivity index (χ0n) is 19.2. The molecule has 0 aliphatic carbocycles. The fourth-order valence-electron chi connectivity index (χ4n) is 4.49. The lowest BCUT2D eigenvalue weighted by molar-refractivity contribution is -0.138. The summed E-state index contributed by atoms with van der Waals surface area (Å²) in [5, 5.41) is 3.40. The first-order valence-corrected chi connectivity index (χ1v) is 11.7. The monoisotopic (exact) mass is 496 g/mol. The summed E-state index contributed by atoms with van der Waals surface area (Å²) in [6, 6.07) is 4.00. The highest BCUT2D eigenvalue weighted by Gasteiger charge is 2.34. The third-order valence-electron chi connectivity index (χ3n) is 6.39. The molecule has 4 rings (SSSR count). The Hall–Kier alpha value is -2.59. The largest absolute Gasteiger partial charge is 0.416 e. The number of anilines is 2. The average Bonchev–Trinajstić information content (AvgIpc) is 2.99. The zero-order valence-corrected chi connectivity index (χ0v) is 20.0. The Labute approximate surface area is 201 Å². The van der Waals surface area contributed by atoms with Gasteiger partial charge in [0.15, 0.2) is 11.6 Å². The second-order valence-corrected chi connectivity index (χ2v) is 9.35. The minimum absolute atomic E-state index is 0.0510. The van der Waals surface area contributed by atoms with E-state index in [0.29, 0.717) is 50.3 Å². The highest BCUT2D eigenvalue weighted by molar-refractivity contribution is 6.30. The van der Waals surface area contributed by atoms with Crippen LogP contribution in [0.5, 0.6) is 0 Å². The fourth-order valence-corrected chi connectivity index (χ4v) is 4.68. The van der Waals surface area contributed by atoms with Crippen LogP contribution in [0.15, 0.2) is 24.4 Å². The zero-order chi connectivity index (χ0) is 24.5. The first-order valence-electron chi connectivity index (χ1n) is 11.3. The van der Waals surface area contributed by atoms with E-state index in [1.165, 1.54) is 18.3 Å². The lowest BCUT2D eigenvalue weighted by atomic mass is 10.0. The van der Waals surface area contributed by atoms with E-state index in [9.17, 15) is 18.0 Å². The van der Waals surface area contributed by atoms with Gasteiger partial charge in [-0.3, -0.25) is 4.79 Å². The van der Waals surface area contributed by atoms with Gasteiger partial charge >= 0.3 is 6.18 Å². The maximum absolute atomic E-state index is 13.6. The van der Waals surface area contributed by atoms with E-state index in [0.717, 1.165) is 18.9 Å². The molecule has 1 N–H and O–H groups in total. The van der Waals surface area contributed by atoms with E-state index in [1.54, 1.807) is 9.80 Å². The number of benzene rings is 1. The molecular weight excluding hydrogens is 469 g/mol. The summed E-state index contributed by atoms with van der Waals surface area (Å²) in [7, 11) is 4.07. The van der Waals surface area contributed by atoms with Gasteiger partial charge in [0.25, 0.3) is 5.91 Å². The normalized spacial score (nSPS) is 17.4. The molecule has 2 aliphatic heterocycles. The molecule has 1 aromatic heterocycles. The Kier molecular flexibility index (Phi) is 7.18. The summed E-state index contributed by atoms with van der Waals surface area (Å²) in [6.07, 6.45) is -0.633. The van der Waals surface area contributed by atoms with Gasteiger partial charge in [0.05, 0.1) is 11.8 Å². The van der Waals surface area contributed by atoms with Gasteiger partial charge < -0.3 is 20.0 Å². The molecule has 184 valence electrons. The molecule has 0 spiro atoms. The molecule has 1 saturated heterocycles. The molecule has 1 fully saturated rings. The second-order valence-electron chi connectivity index (χ2n) is 8.92. The molecule has 0 unspecified atom stereocenters. The Balaban J connectivity index is 1.60. The number of carbonyl (C=O) groups is 1. The summed E-state index contributed by atoms with van der Waals surface area (Å²) in [5.74, 6) is 0.617. The number of fused-ring (bicyclic) bond motifs is 1. The molecule has 0 atom stereocenters. The van der Waals surface area contributed by atoms with Gasteiger partial charge in [-0.05, 0) is 57.1 Å². The van der Waals surface area contributed by atoms with Crippen molar-refractivity contribution < 1.29 is 18.0 Å². The number of halogens is 4. The van der Waals surface area contributed by atoms with E-state index in [2.05, 4.69) is 20.2 Å². The van der Waals surface area contributed by atoms with Crippen LogP contribution in [0.25, 0.3) is 0 Å². The predicted molar refractivity (Wildman–Crippen MR) is 125 cm³/mol. The van der Waals surface area contributed by atoms with Crippen molar-refractivity contribution >= 4 is 29.1 Å². The first kappa shape index (κ1) is 24.5. The number of nitrogens with one attached hydrogen (secondary N) is 1. The molecule has 0 saturated carbocycles. The quantitative estimate of drug-likeness (QED) is 0.686. The minimum atomic E-state index is -4.50. The van der Waals surface area contributed by atoms with Crippen molar-refractivity contribution in [2.45, 2.75) is 38.0 Å². The standard InChI is InChI=1S/C23H28ClF3N6O/c1-31(2)17-6-10-32(11-7-17)22(34)19-13-29-20-21(30-19)33(9-3-8-28-20)14-15-12-16(24)4-5-18(15)23(25,26)27/h4-5,12-13,17H,3,6-11,14H2,1-2H3,(H,28,29). The van der Waals surface area contributed by atoms with Crippen LogP contribution < -0.4 is 10.2 Å². The van der Waals surface area contributed by atoms with E-state index in [-0.39, 0.29) is 28.7 Å². The number of aromatic nitrogens is 2. The number of piperidine rings is 1. The summed E-state index contributed by atoms with van der Waals surface area (Å²) in [5.41, 5.74) is -0.491. The van der Waals surface area contributed by atoms with Crippen LogP contribution in [-0.4, -0.2) is 72.0 Å². The van der Waals surface area contributed by atoms with Gasteiger partial charge in [0.2, 0.25) is 0 Å². The molecule has 0 radical (unpaired) electrons. The summed E-state index contributed by atoms with van der Waals surface area (Å²) >= 11 is 6.02. The molecule has 1 aromatic carbocycles. The fraction of sp³-hybridized carbons (Fsp3) is 0.522. The van der Waals surface area contributed by atoms with Crippen LogP contribution in [0, 0.1) is 0 Å². The third kappa shape index (κ3) is 5.38. The van der Waals surface area contributed by atoms with Gasteiger partial charge in [-0.2, -0.15) is 13.2 Å². The van der Waals surface area contributed by atoms with E-state index in [4.69, 9.17) is 11.6 Å². The lowest BCUT2D eigenvalue weighted by Gasteiger charge is -2.35. The van der Waals surface area contributed by atoms with Crippen LogP contribution in [0.1, 0.15) is 40.9 Å². The van der Waals surface area contributed by atoms with E-state index >= 15 is 0 Å². The first-order chi connectivity index (χ1) is 16.1. The number of alkyl halides is 3. The Morgan fingerprint density at radius 2 is 1.97 bits per heavy atom. The van der Waals surface area contributed by atoms with Crippen molar-refractivity contribution in [2.75, 3.05) is 50.5 Å². The lowest BCUT2D eigenvalue weighted by Crippen LogP contribution is -2.44. The molecular formula is C23H28ClF3N6O. The van der Waals surface area contributed by atoms with Crippen LogP contribution in [-0.2, 0) is 12.7 Å². The van der Waals surface area contributed by atoms with Crippen LogP contribution >= 0.6 is 11.6 Å². The molecule has 2 aliphatic rings. The Morgan fingerprint density at radius 1 is 1.24 bits per heavy atom. The number of amides is 1. The summed E-state index contributed by atoms with van der Waals surface area (Å²) in [4.78, 5) is 27.8. The van der Waals surface area contributed by atoms with Gasteiger partial charge in [-0.15, -0.1) is 0 Å². The van der Waals surface area contributed by atoms with Crippen molar-refractivity contribution in [2.24, 2.45) is 0 Å². The molecule has 2 aromatic rings. The topological polar surface area (TPSA) is 64.6 Å². The van der Waals surface area contributed by atoms with E-state index < -0.39 is 11.7 Å². The maximum atomic E-state index is 13.6. The van der Waals surface area contributed by atoms with Gasteiger partial charge in [0, 0.05) is 43.8 Å². The highest BCUT2D eigenvalue weighted by Crippen LogP contribution is 2.35. The second kappa shape index (κ2) is 9.95. The maximum Gasteiger partial charge on any atom is 0.416 e. The molecule has 3 heterocycles. The Bertz CT molecular complexity index is 1040. The molecule has 1 amide bonds.